The Labute approximate surface area is 140 Å². The summed E-state index contributed by atoms with van der Waals surface area (Å²) in [5, 5.41) is 3.96. The third-order valence-electron chi connectivity index (χ3n) is 4.14. The average molecular weight is 330 g/mol. The molecule has 1 aliphatic rings. The Morgan fingerprint density at radius 3 is 2.96 bits per heavy atom. The topological polar surface area (TPSA) is 51.2 Å². The van der Waals surface area contributed by atoms with Crippen molar-refractivity contribution >= 4 is 17.2 Å². The van der Waals surface area contributed by atoms with E-state index in [1.54, 1.807) is 11.3 Å². The van der Waals surface area contributed by atoms with Crippen molar-refractivity contribution in [1.82, 2.24) is 10.3 Å². The minimum absolute atomic E-state index is 0.0450. The SMILES string of the molecule is Cc1ccccc1-c1nc(C)c(CC(=O)NCC2CCCO2)s1. The fraction of sp³-hybridized carbons (Fsp3) is 0.444. The summed E-state index contributed by atoms with van der Waals surface area (Å²) in [4.78, 5) is 17.8. The number of aryl methyl sites for hydroxylation is 2. The molecular formula is C18H22N2O2S. The van der Waals surface area contributed by atoms with Crippen LogP contribution in [0, 0.1) is 13.8 Å². The van der Waals surface area contributed by atoms with Gasteiger partial charge >= 0.3 is 0 Å². The Hall–Kier alpha value is -1.72. The van der Waals surface area contributed by atoms with Gasteiger partial charge in [-0.05, 0) is 32.3 Å². The zero-order valence-electron chi connectivity index (χ0n) is 13.6. The van der Waals surface area contributed by atoms with Gasteiger partial charge in [-0.3, -0.25) is 4.79 Å². The molecule has 122 valence electrons. The monoisotopic (exact) mass is 330 g/mol. The molecule has 3 rings (SSSR count). The first-order valence-electron chi connectivity index (χ1n) is 8.04. The number of thiazole rings is 1. The van der Waals surface area contributed by atoms with E-state index >= 15 is 0 Å². The number of aromatic nitrogens is 1. The molecule has 0 saturated carbocycles. The molecule has 1 aromatic heterocycles. The van der Waals surface area contributed by atoms with Crippen molar-refractivity contribution in [3.8, 4) is 10.6 Å². The van der Waals surface area contributed by atoms with Crippen LogP contribution in [0.1, 0.15) is 29.0 Å². The first-order valence-corrected chi connectivity index (χ1v) is 8.85. The van der Waals surface area contributed by atoms with E-state index in [1.165, 1.54) is 5.56 Å². The number of rotatable bonds is 5. The normalized spacial score (nSPS) is 17.4. The van der Waals surface area contributed by atoms with Gasteiger partial charge in [0.05, 0.1) is 18.2 Å². The summed E-state index contributed by atoms with van der Waals surface area (Å²) in [6.07, 6.45) is 2.71. The summed E-state index contributed by atoms with van der Waals surface area (Å²) in [6.45, 7) is 5.48. The number of ether oxygens (including phenoxy) is 1. The molecule has 23 heavy (non-hydrogen) atoms. The van der Waals surface area contributed by atoms with Gasteiger partial charge in [-0.2, -0.15) is 0 Å². The molecule has 4 nitrogen and oxygen atoms in total. The summed E-state index contributed by atoms with van der Waals surface area (Å²) in [5.41, 5.74) is 3.29. The predicted molar refractivity (Wildman–Crippen MR) is 92.7 cm³/mol. The van der Waals surface area contributed by atoms with Gasteiger partial charge in [0.2, 0.25) is 5.91 Å². The molecule has 2 heterocycles. The lowest BCUT2D eigenvalue weighted by Crippen LogP contribution is -2.32. The molecule has 0 aliphatic carbocycles. The number of benzene rings is 1. The van der Waals surface area contributed by atoms with Crippen molar-refractivity contribution in [2.45, 2.75) is 39.2 Å². The van der Waals surface area contributed by atoms with E-state index in [2.05, 4.69) is 29.4 Å². The van der Waals surface area contributed by atoms with Crippen molar-refractivity contribution in [3.05, 3.63) is 40.4 Å². The molecule has 1 aliphatic heterocycles. The zero-order chi connectivity index (χ0) is 16.2. The first kappa shape index (κ1) is 16.1. The third-order valence-corrected chi connectivity index (χ3v) is 5.33. The molecule has 0 bridgehead atoms. The quantitative estimate of drug-likeness (QED) is 0.915. The van der Waals surface area contributed by atoms with Crippen molar-refractivity contribution in [2.75, 3.05) is 13.2 Å². The minimum atomic E-state index is 0.0450. The zero-order valence-corrected chi connectivity index (χ0v) is 14.4. The van der Waals surface area contributed by atoms with E-state index in [4.69, 9.17) is 4.74 Å². The molecule has 1 unspecified atom stereocenters. The van der Waals surface area contributed by atoms with E-state index in [0.717, 1.165) is 40.6 Å². The Kier molecular flexibility index (Phi) is 5.08. The molecule has 0 radical (unpaired) electrons. The van der Waals surface area contributed by atoms with Crippen LogP contribution in [-0.2, 0) is 16.0 Å². The highest BCUT2D eigenvalue weighted by atomic mass is 32.1. The van der Waals surface area contributed by atoms with Crippen molar-refractivity contribution in [2.24, 2.45) is 0 Å². The van der Waals surface area contributed by atoms with E-state index in [-0.39, 0.29) is 12.0 Å². The summed E-state index contributed by atoms with van der Waals surface area (Å²) < 4.78 is 5.53. The van der Waals surface area contributed by atoms with Crippen LogP contribution in [0.4, 0.5) is 0 Å². The second-order valence-electron chi connectivity index (χ2n) is 5.96. The van der Waals surface area contributed by atoms with Crippen LogP contribution in [0.3, 0.4) is 0 Å². The highest BCUT2D eigenvalue weighted by molar-refractivity contribution is 7.15. The number of hydrogen-bond donors (Lipinski definition) is 1. The third kappa shape index (κ3) is 3.98. The lowest BCUT2D eigenvalue weighted by molar-refractivity contribution is -0.120. The second kappa shape index (κ2) is 7.23. The Morgan fingerprint density at radius 2 is 2.22 bits per heavy atom. The molecule has 1 N–H and O–H groups in total. The highest BCUT2D eigenvalue weighted by Crippen LogP contribution is 2.30. The number of carbonyl (C=O) groups excluding carboxylic acids is 1. The number of hydrogen-bond acceptors (Lipinski definition) is 4. The van der Waals surface area contributed by atoms with Crippen LogP contribution in [0.15, 0.2) is 24.3 Å². The largest absolute Gasteiger partial charge is 0.376 e. The van der Waals surface area contributed by atoms with Crippen LogP contribution in [0.25, 0.3) is 10.6 Å². The number of nitrogens with zero attached hydrogens (tertiary/aromatic N) is 1. The van der Waals surface area contributed by atoms with Crippen LogP contribution >= 0.6 is 11.3 Å². The molecule has 1 amide bonds. The lowest BCUT2D eigenvalue weighted by atomic mass is 10.1. The molecule has 1 atom stereocenters. The van der Waals surface area contributed by atoms with Crippen LogP contribution in [0.5, 0.6) is 0 Å². The van der Waals surface area contributed by atoms with Crippen LogP contribution in [-0.4, -0.2) is 30.1 Å². The minimum Gasteiger partial charge on any atom is -0.376 e. The Morgan fingerprint density at radius 1 is 1.39 bits per heavy atom. The molecule has 5 heteroatoms. The maximum Gasteiger partial charge on any atom is 0.225 e. The smallest absolute Gasteiger partial charge is 0.225 e. The fourth-order valence-electron chi connectivity index (χ4n) is 2.76. The predicted octanol–water partition coefficient (Wildman–Crippen LogP) is 3.26. The highest BCUT2D eigenvalue weighted by Gasteiger charge is 2.18. The molecule has 1 saturated heterocycles. The summed E-state index contributed by atoms with van der Waals surface area (Å²) in [5.74, 6) is 0.0450. The van der Waals surface area contributed by atoms with Gasteiger partial charge in [0.15, 0.2) is 0 Å². The molecule has 1 aromatic carbocycles. The van der Waals surface area contributed by atoms with Gasteiger partial charge in [0.1, 0.15) is 5.01 Å². The van der Waals surface area contributed by atoms with E-state index < -0.39 is 0 Å². The van der Waals surface area contributed by atoms with Gasteiger partial charge < -0.3 is 10.1 Å². The van der Waals surface area contributed by atoms with Gasteiger partial charge in [-0.1, -0.05) is 24.3 Å². The van der Waals surface area contributed by atoms with Crippen LogP contribution in [0.2, 0.25) is 0 Å². The Bertz CT molecular complexity index is 690. The maximum absolute atomic E-state index is 12.1. The summed E-state index contributed by atoms with van der Waals surface area (Å²) in [7, 11) is 0. The van der Waals surface area contributed by atoms with Gasteiger partial charge in [-0.25, -0.2) is 4.98 Å². The van der Waals surface area contributed by atoms with Crippen molar-refractivity contribution in [1.29, 1.82) is 0 Å². The van der Waals surface area contributed by atoms with Crippen molar-refractivity contribution in [3.63, 3.8) is 0 Å². The van der Waals surface area contributed by atoms with E-state index in [0.29, 0.717) is 13.0 Å². The fourth-order valence-corrected chi connectivity index (χ4v) is 3.91. The van der Waals surface area contributed by atoms with Gasteiger partial charge in [0, 0.05) is 23.6 Å². The van der Waals surface area contributed by atoms with Gasteiger partial charge in [0.25, 0.3) is 0 Å². The molecule has 2 aromatic rings. The van der Waals surface area contributed by atoms with Gasteiger partial charge in [-0.15, -0.1) is 11.3 Å². The van der Waals surface area contributed by atoms with E-state index in [1.807, 2.05) is 19.1 Å². The van der Waals surface area contributed by atoms with Crippen molar-refractivity contribution < 1.29 is 9.53 Å². The molecule has 0 spiro atoms. The second-order valence-corrected chi connectivity index (χ2v) is 7.04. The summed E-state index contributed by atoms with van der Waals surface area (Å²) >= 11 is 1.61. The molecular weight excluding hydrogens is 308 g/mol. The maximum atomic E-state index is 12.1. The molecule has 1 fully saturated rings. The average Bonchev–Trinajstić information content (AvgIpc) is 3.16. The number of amides is 1. The summed E-state index contributed by atoms with van der Waals surface area (Å²) in [6, 6.07) is 8.21. The van der Waals surface area contributed by atoms with Crippen LogP contribution < -0.4 is 5.32 Å². The van der Waals surface area contributed by atoms with E-state index in [9.17, 15) is 4.79 Å². The standard InChI is InChI=1S/C18H22N2O2S/c1-12-6-3-4-8-15(12)18-20-13(2)16(23-18)10-17(21)19-11-14-7-5-9-22-14/h3-4,6,8,14H,5,7,9-11H2,1-2H3,(H,19,21). The lowest BCUT2D eigenvalue weighted by Gasteiger charge is -2.10. The Balaban J connectivity index is 1.64. The first-order chi connectivity index (χ1) is 11.1. The number of nitrogens with one attached hydrogen (secondary N) is 1. The number of carbonyl (C=O) groups is 1.